The van der Waals surface area contributed by atoms with Crippen LogP contribution in [-0.2, 0) is 0 Å². The first-order chi connectivity index (χ1) is 21.0. The van der Waals surface area contributed by atoms with Crippen LogP contribution in [0.25, 0.3) is 60.4 Å². The van der Waals surface area contributed by atoms with Crippen LogP contribution < -0.4 is 0 Å². The summed E-state index contributed by atoms with van der Waals surface area (Å²) < 4.78 is 4.95. The first-order valence-electron chi connectivity index (χ1n) is 15.2. The Balaban J connectivity index is 1.36. The van der Waals surface area contributed by atoms with Gasteiger partial charge in [-0.3, -0.25) is 0 Å². The zero-order valence-corrected chi connectivity index (χ0v) is 25.1. The molecule has 0 N–H and O–H groups in total. The average Bonchev–Trinajstić information content (AvgIpc) is 3.52. The third kappa shape index (κ3) is 4.01. The maximum Gasteiger partial charge on any atom is 0.0563 e. The molecule has 1 unspecified atom stereocenters. The van der Waals surface area contributed by atoms with Crippen LogP contribution in [0.2, 0.25) is 0 Å². The summed E-state index contributed by atoms with van der Waals surface area (Å²) >= 11 is 0. The highest BCUT2D eigenvalue weighted by atomic mass is 15.0. The molecule has 8 rings (SSSR count). The van der Waals surface area contributed by atoms with Crippen LogP contribution in [0, 0.1) is 20.8 Å². The standard InChI is InChI=1S/C41H34N2/c1-26-13-17-30(18-14-26)29(4)42-38-12-8-6-10-33(38)36-25-31(19-22-39(36)42)32-9-5-7-11-37(32)43-40-20-15-27(2)23-34(40)35-24-28(3)16-21-41(35)43/h5-25,29H,1-4H3. The molecule has 2 aromatic heterocycles. The van der Waals surface area contributed by atoms with Gasteiger partial charge in [0.05, 0.1) is 22.8 Å². The molecule has 6 aromatic carbocycles. The summed E-state index contributed by atoms with van der Waals surface area (Å²) in [5.74, 6) is 0. The molecule has 2 heteroatoms. The van der Waals surface area contributed by atoms with E-state index in [0.29, 0.717) is 0 Å². The summed E-state index contributed by atoms with van der Waals surface area (Å²) in [6, 6.07) is 47.6. The van der Waals surface area contributed by atoms with Gasteiger partial charge in [0.25, 0.3) is 0 Å². The second kappa shape index (κ2) is 9.74. The second-order valence-electron chi connectivity index (χ2n) is 12.1. The normalized spacial score (nSPS) is 12.6. The summed E-state index contributed by atoms with van der Waals surface area (Å²) in [5.41, 5.74) is 13.8. The highest BCUT2D eigenvalue weighted by molar-refractivity contribution is 6.11. The van der Waals surface area contributed by atoms with E-state index in [1.807, 2.05) is 0 Å². The lowest BCUT2D eigenvalue weighted by molar-refractivity contribution is 0.685. The summed E-state index contributed by atoms with van der Waals surface area (Å²) in [6.07, 6.45) is 0. The van der Waals surface area contributed by atoms with Crippen molar-refractivity contribution in [2.75, 3.05) is 0 Å². The molecular weight excluding hydrogens is 520 g/mol. The van der Waals surface area contributed by atoms with E-state index in [0.717, 1.165) is 0 Å². The zero-order valence-electron chi connectivity index (χ0n) is 25.1. The fourth-order valence-corrected chi connectivity index (χ4v) is 7.01. The van der Waals surface area contributed by atoms with E-state index in [4.69, 9.17) is 0 Å². The fourth-order valence-electron chi connectivity index (χ4n) is 7.01. The zero-order chi connectivity index (χ0) is 29.2. The van der Waals surface area contributed by atoms with E-state index >= 15 is 0 Å². The van der Waals surface area contributed by atoms with E-state index in [1.54, 1.807) is 0 Å². The van der Waals surface area contributed by atoms with Gasteiger partial charge in [0, 0.05) is 38.1 Å². The van der Waals surface area contributed by atoms with Crippen LogP contribution in [0.1, 0.15) is 35.2 Å². The Hall–Kier alpha value is -5.08. The van der Waals surface area contributed by atoms with Crippen molar-refractivity contribution >= 4 is 43.6 Å². The molecule has 0 aliphatic rings. The van der Waals surface area contributed by atoms with Gasteiger partial charge in [-0.2, -0.15) is 0 Å². The molecule has 0 aliphatic carbocycles. The Bertz CT molecular complexity index is 2270. The van der Waals surface area contributed by atoms with Gasteiger partial charge in [-0.05, 0) is 87.4 Å². The van der Waals surface area contributed by atoms with Crippen LogP contribution in [0.5, 0.6) is 0 Å². The van der Waals surface area contributed by atoms with Gasteiger partial charge < -0.3 is 9.13 Å². The molecule has 0 saturated carbocycles. The van der Waals surface area contributed by atoms with Crippen LogP contribution in [0.4, 0.5) is 0 Å². The highest BCUT2D eigenvalue weighted by Gasteiger charge is 2.19. The van der Waals surface area contributed by atoms with Crippen molar-refractivity contribution in [1.29, 1.82) is 0 Å². The second-order valence-corrected chi connectivity index (χ2v) is 12.1. The summed E-state index contributed by atoms with van der Waals surface area (Å²) in [6.45, 7) is 8.82. The van der Waals surface area contributed by atoms with Crippen LogP contribution >= 0.6 is 0 Å². The number of hydrogen-bond donors (Lipinski definition) is 0. The van der Waals surface area contributed by atoms with Gasteiger partial charge in [-0.15, -0.1) is 0 Å². The Morgan fingerprint density at radius 3 is 1.74 bits per heavy atom. The third-order valence-electron chi connectivity index (χ3n) is 9.19. The number of benzene rings is 6. The minimum atomic E-state index is 0.214. The van der Waals surface area contributed by atoms with Crippen LogP contribution in [-0.4, -0.2) is 9.13 Å². The third-order valence-corrected chi connectivity index (χ3v) is 9.19. The average molecular weight is 555 g/mol. The molecule has 0 aliphatic heterocycles. The Morgan fingerprint density at radius 2 is 1.02 bits per heavy atom. The quantitative estimate of drug-likeness (QED) is 0.205. The molecule has 0 fully saturated rings. The Kier molecular flexibility index (Phi) is 5.80. The molecule has 0 saturated heterocycles. The predicted octanol–water partition coefficient (Wildman–Crippen LogP) is 11.1. The van der Waals surface area contributed by atoms with Crippen molar-refractivity contribution in [2.24, 2.45) is 0 Å². The molecule has 0 bridgehead atoms. The lowest BCUT2D eigenvalue weighted by Gasteiger charge is -2.18. The minimum absolute atomic E-state index is 0.214. The van der Waals surface area contributed by atoms with Crippen LogP contribution in [0.15, 0.2) is 127 Å². The lowest BCUT2D eigenvalue weighted by atomic mass is 10.0. The molecule has 43 heavy (non-hydrogen) atoms. The Labute approximate surface area is 252 Å². The topological polar surface area (TPSA) is 9.86 Å². The number of fused-ring (bicyclic) bond motifs is 6. The lowest BCUT2D eigenvalue weighted by Crippen LogP contribution is -2.06. The van der Waals surface area contributed by atoms with Crippen LogP contribution in [0.3, 0.4) is 0 Å². The highest BCUT2D eigenvalue weighted by Crippen LogP contribution is 2.40. The van der Waals surface area contributed by atoms with E-state index in [-0.39, 0.29) is 6.04 Å². The van der Waals surface area contributed by atoms with Gasteiger partial charge in [-0.25, -0.2) is 0 Å². The SMILES string of the molecule is Cc1ccc(C(C)n2c3ccccc3c3cc(-c4ccccc4-n4c5ccc(C)cc5c5cc(C)ccc54)ccc32)cc1. The number of aryl methyl sites for hydroxylation is 3. The van der Waals surface area contributed by atoms with Crippen molar-refractivity contribution in [2.45, 2.75) is 33.7 Å². The van der Waals surface area contributed by atoms with Crippen molar-refractivity contribution in [3.8, 4) is 16.8 Å². The molecule has 0 spiro atoms. The minimum Gasteiger partial charge on any atom is -0.333 e. The summed E-state index contributed by atoms with van der Waals surface area (Å²) in [4.78, 5) is 0. The van der Waals surface area contributed by atoms with Gasteiger partial charge in [0.1, 0.15) is 0 Å². The van der Waals surface area contributed by atoms with Crippen molar-refractivity contribution < 1.29 is 0 Å². The van der Waals surface area contributed by atoms with E-state index < -0.39 is 0 Å². The maximum absolute atomic E-state index is 2.50. The van der Waals surface area contributed by atoms with E-state index in [1.165, 1.54) is 82.7 Å². The number of hydrogen-bond acceptors (Lipinski definition) is 0. The molecule has 2 nitrogen and oxygen atoms in total. The molecular formula is C41H34N2. The Morgan fingerprint density at radius 1 is 0.465 bits per heavy atom. The first kappa shape index (κ1) is 25.6. The molecule has 8 aromatic rings. The van der Waals surface area contributed by atoms with Crippen molar-refractivity contribution in [3.63, 3.8) is 0 Å². The number of aromatic nitrogens is 2. The van der Waals surface area contributed by atoms with Gasteiger partial charge >= 0.3 is 0 Å². The first-order valence-corrected chi connectivity index (χ1v) is 15.2. The number of para-hydroxylation sites is 2. The number of nitrogens with zero attached hydrogens (tertiary/aromatic N) is 2. The maximum atomic E-state index is 2.50. The molecule has 0 amide bonds. The largest absolute Gasteiger partial charge is 0.333 e. The van der Waals surface area contributed by atoms with E-state index in [2.05, 4.69) is 164 Å². The number of rotatable bonds is 4. The molecule has 2 heterocycles. The summed E-state index contributed by atoms with van der Waals surface area (Å²) in [5, 5.41) is 5.18. The van der Waals surface area contributed by atoms with Gasteiger partial charge in [0.2, 0.25) is 0 Å². The molecule has 208 valence electrons. The molecule has 1 atom stereocenters. The van der Waals surface area contributed by atoms with Crippen molar-refractivity contribution in [1.82, 2.24) is 9.13 Å². The van der Waals surface area contributed by atoms with Gasteiger partial charge in [-0.1, -0.05) is 95.6 Å². The smallest absolute Gasteiger partial charge is 0.0563 e. The van der Waals surface area contributed by atoms with Crippen molar-refractivity contribution in [3.05, 3.63) is 150 Å². The fraction of sp³-hybridized carbons (Fsp3) is 0.122. The van der Waals surface area contributed by atoms with Gasteiger partial charge in [0.15, 0.2) is 0 Å². The van der Waals surface area contributed by atoms with E-state index in [9.17, 15) is 0 Å². The molecule has 0 radical (unpaired) electrons. The summed E-state index contributed by atoms with van der Waals surface area (Å²) in [7, 11) is 0. The predicted molar refractivity (Wildman–Crippen MR) is 184 cm³/mol. The monoisotopic (exact) mass is 554 g/mol.